The van der Waals surface area contributed by atoms with Crippen LogP contribution in [0.15, 0.2) is 48.5 Å². The summed E-state index contributed by atoms with van der Waals surface area (Å²) in [6.45, 7) is 5.27. The van der Waals surface area contributed by atoms with Crippen molar-refractivity contribution in [3.8, 4) is 5.75 Å². The highest BCUT2D eigenvalue weighted by Crippen LogP contribution is 2.27. The van der Waals surface area contributed by atoms with E-state index in [-0.39, 0.29) is 5.78 Å². The van der Waals surface area contributed by atoms with Gasteiger partial charge in [0.25, 0.3) is 0 Å². The molecule has 0 fully saturated rings. The molecule has 0 bridgehead atoms. The van der Waals surface area contributed by atoms with E-state index < -0.39 is 0 Å². The lowest BCUT2D eigenvalue weighted by Gasteiger charge is -2.15. The fourth-order valence-electron chi connectivity index (χ4n) is 3.48. The molecule has 0 saturated heterocycles. The van der Waals surface area contributed by atoms with Crippen LogP contribution in [0.25, 0.3) is 10.9 Å². The molecule has 2 aromatic carbocycles. The number of ketones is 1. The maximum absolute atomic E-state index is 13.0. The van der Waals surface area contributed by atoms with Crippen LogP contribution in [-0.4, -0.2) is 22.7 Å². The summed E-state index contributed by atoms with van der Waals surface area (Å²) < 4.78 is 7.40. The highest BCUT2D eigenvalue weighted by atomic mass is 16.5. The number of unbranched alkanes of at least 4 members (excludes halogenated alkanes) is 1. The Hall–Kier alpha value is -2.62. The minimum absolute atomic E-state index is 0.0360. The summed E-state index contributed by atoms with van der Waals surface area (Å²) in [4.78, 5) is 13.0. The third-order valence-corrected chi connectivity index (χ3v) is 5.18. The Morgan fingerprint density at radius 1 is 1.15 bits per heavy atom. The number of methoxy groups -OCH3 is 1. The fraction of sp³-hybridized carbons (Fsp3) is 0.391. The normalized spacial score (nSPS) is 12.3. The minimum atomic E-state index is -0.0360. The number of hydrogen-bond donors (Lipinski definition) is 0. The number of benzene rings is 2. The van der Waals surface area contributed by atoms with Crippen LogP contribution >= 0.6 is 0 Å². The maximum atomic E-state index is 13.0. The van der Waals surface area contributed by atoms with Gasteiger partial charge in [-0.05, 0) is 24.5 Å². The molecule has 1 aromatic heterocycles. The van der Waals surface area contributed by atoms with Crippen molar-refractivity contribution in [2.75, 3.05) is 7.11 Å². The van der Waals surface area contributed by atoms with E-state index in [2.05, 4.69) is 13.8 Å². The van der Waals surface area contributed by atoms with Crippen molar-refractivity contribution in [1.29, 1.82) is 0 Å². The third kappa shape index (κ3) is 4.21. The zero-order valence-electron chi connectivity index (χ0n) is 16.4. The van der Waals surface area contributed by atoms with Crippen LogP contribution in [-0.2, 0) is 6.54 Å². The second-order valence-electron chi connectivity index (χ2n) is 7.03. The summed E-state index contributed by atoms with van der Waals surface area (Å²) in [5.74, 6) is 1.30. The SMILES string of the molecule is CCCCC(CC)Cn1nc(C(=O)c2ccccc2)c2ccc(OC)cc21. The molecule has 3 rings (SSSR count). The van der Waals surface area contributed by atoms with Crippen molar-refractivity contribution in [1.82, 2.24) is 9.78 Å². The van der Waals surface area contributed by atoms with Crippen LogP contribution in [0.2, 0.25) is 0 Å². The summed E-state index contributed by atoms with van der Waals surface area (Å²) >= 11 is 0. The molecule has 4 nitrogen and oxygen atoms in total. The van der Waals surface area contributed by atoms with Crippen LogP contribution in [0, 0.1) is 5.92 Å². The Bertz CT molecular complexity index is 899. The molecule has 1 unspecified atom stereocenters. The number of nitrogens with zero attached hydrogens (tertiary/aromatic N) is 2. The molecular formula is C23H28N2O2. The number of hydrogen-bond acceptors (Lipinski definition) is 3. The molecule has 0 aliphatic rings. The quantitative estimate of drug-likeness (QED) is 0.471. The molecule has 0 amide bonds. The maximum Gasteiger partial charge on any atom is 0.213 e. The summed E-state index contributed by atoms with van der Waals surface area (Å²) in [5, 5.41) is 5.63. The molecule has 0 aliphatic heterocycles. The number of fused-ring (bicyclic) bond motifs is 1. The second-order valence-corrected chi connectivity index (χ2v) is 7.03. The third-order valence-electron chi connectivity index (χ3n) is 5.18. The number of aromatic nitrogens is 2. The molecule has 0 spiro atoms. The minimum Gasteiger partial charge on any atom is -0.497 e. The van der Waals surface area contributed by atoms with Crippen molar-refractivity contribution in [3.63, 3.8) is 0 Å². The zero-order chi connectivity index (χ0) is 19.2. The molecule has 3 aromatic rings. The van der Waals surface area contributed by atoms with Gasteiger partial charge in [0, 0.05) is 23.6 Å². The Morgan fingerprint density at radius 2 is 1.93 bits per heavy atom. The van der Waals surface area contributed by atoms with Crippen molar-refractivity contribution in [3.05, 3.63) is 59.8 Å². The highest BCUT2D eigenvalue weighted by Gasteiger charge is 2.20. The fourth-order valence-corrected chi connectivity index (χ4v) is 3.48. The number of ether oxygens (including phenoxy) is 1. The average molecular weight is 364 g/mol. The molecule has 0 saturated carbocycles. The Balaban J connectivity index is 2.03. The van der Waals surface area contributed by atoms with Gasteiger partial charge in [0.1, 0.15) is 11.4 Å². The van der Waals surface area contributed by atoms with E-state index in [0.29, 0.717) is 17.2 Å². The van der Waals surface area contributed by atoms with Crippen LogP contribution in [0.4, 0.5) is 0 Å². The van der Waals surface area contributed by atoms with E-state index in [0.717, 1.165) is 29.6 Å². The van der Waals surface area contributed by atoms with Crippen molar-refractivity contribution < 1.29 is 9.53 Å². The van der Waals surface area contributed by atoms with Crippen LogP contribution < -0.4 is 4.74 Å². The van der Waals surface area contributed by atoms with Gasteiger partial charge in [-0.15, -0.1) is 0 Å². The predicted octanol–water partition coefficient (Wildman–Crippen LogP) is 5.49. The first-order chi connectivity index (χ1) is 13.2. The molecule has 1 atom stereocenters. The summed E-state index contributed by atoms with van der Waals surface area (Å²) in [6, 6.07) is 15.2. The lowest BCUT2D eigenvalue weighted by Crippen LogP contribution is -2.12. The number of carbonyl (C=O) groups excluding carboxylic acids is 1. The van der Waals surface area contributed by atoms with Gasteiger partial charge in [0.05, 0.1) is 12.6 Å². The molecule has 0 N–H and O–H groups in total. The Kier molecular flexibility index (Phi) is 6.28. The summed E-state index contributed by atoms with van der Waals surface area (Å²) in [7, 11) is 1.66. The predicted molar refractivity (Wildman–Crippen MR) is 109 cm³/mol. The van der Waals surface area contributed by atoms with Crippen LogP contribution in [0.3, 0.4) is 0 Å². The first-order valence-electron chi connectivity index (χ1n) is 9.82. The van der Waals surface area contributed by atoms with Gasteiger partial charge in [0.15, 0.2) is 0 Å². The molecule has 0 radical (unpaired) electrons. The smallest absolute Gasteiger partial charge is 0.213 e. The molecule has 4 heteroatoms. The van der Waals surface area contributed by atoms with Gasteiger partial charge < -0.3 is 4.74 Å². The number of carbonyl (C=O) groups is 1. The monoisotopic (exact) mass is 364 g/mol. The molecule has 1 heterocycles. The second kappa shape index (κ2) is 8.85. The van der Waals surface area contributed by atoms with E-state index in [1.807, 2.05) is 53.2 Å². The standard InChI is InChI=1S/C23H28N2O2/c1-4-6-10-17(5-2)16-25-21-15-19(27-3)13-14-20(21)22(24-25)23(26)18-11-8-7-9-12-18/h7-9,11-15,17H,4-6,10,16H2,1-3H3. The average Bonchev–Trinajstić information content (AvgIpc) is 3.08. The van der Waals surface area contributed by atoms with E-state index in [1.54, 1.807) is 7.11 Å². The summed E-state index contributed by atoms with van der Waals surface area (Å²) in [5.41, 5.74) is 2.14. The first kappa shape index (κ1) is 19.2. The lowest BCUT2D eigenvalue weighted by atomic mass is 9.99. The van der Waals surface area contributed by atoms with Crippen molar-refractivity contribution in [2.24, 2.45) is 5.92 Å². The molecular weight excluding hydrogens is 336 g/mol. The lowest BCUT2D eigenvalue weighted by molar-refractivity contribution is 0.103. The topological polar surface area (TPSA) is 44.1 Å². The van der Waals surface area contributed by atoms with Gasteiger partial charge in [-0.1, -0.05) is 63.4 Å². The van der Waals surface area contributed by atoms with Crippen molar-refractivity contribution >= 4 is 16.7 Å². The zero-order valence-corrected chi connectivity index (χ0v) is 16.4. The summed E-state index contributed by atoms with van der Waals surface area (Å²) in [6.07, 6.45) is 4.70. The Morgan fingerprint density at radius 3 is 2.59 bits per heavy atom. The van der Waals surface area contributed by atoms with Crippen LogP contribution in [0.1, 0.15) is 55.6 Å². The van der Waals surface area contributed by atoms with E-state index in [9.17, 15) is 4.79 Å². The molecule has 142 valence electrons. The van der Waals surface area contributed by atoms with E-state index in [1.165, 1.54) is 19.3 Å². The van der Waals surface area contributed by atoms with Gasteiger partial charge in [-0.2, -0.15) is 5.10 Å². The van der Waals surface area contributed by atoms with Crippen molar-refractivity contribution in [2.45, 2.75) is 46.1 Å². The Labute approximate surface area is 161 Å². The van der Waals surface area contributed by atoms with E-state index in [4.69, 9.17) is 9.84 Å². The highest BCUT2D eigenvalue weighted by molar-refractivity contribution is 6.14. The van der Waals surface area contributed by atoms with E-state index >= 15 is 0 Å². The first-order valence-corrected chi connectivity index (χ1v) is 9.82. The van der Waals surface area contributed by atoms with Crippen LogP contribution in [0.5, 0.6) is 5.75 Å². The number of rotatable bonds is 9. The molecule has 27 heavy (non-hydrogen) atoms. The van der Waals surface area contributed by atoms with Gasteiger partial charge in [0.2, 0.25) is 5.78 Å². The van der Waals surface area contributed by atoms with Gasteiger partial charge >= 0.3 is 0 Å². The largest absolute Gasteiger partial charge is 0.497 e. The van der Waals surface area contributed by atoms with Gasteiger partial charge in [-0.25, -0.2) is 0 Å². The van der Waals surface area contributed by atoms with Gasteiger partial charge in [-0.3, -0.25) is 9.48 Å². The molecule has 0 aliphatic carbocycles.